The van der Waals surface area contributed by atoms with E-state index >= 15 is 0 Å². The van der Waals surface area contributed by atoms with Crippen molar-refractivity contribution in [3.8, 4) is 0 Å². The number of nitrogens with one attached hydrogen (secondary N) is 3. The lowest BCUT2D eigenvalue weighted by molar-refractivity contribution is -0.120. The first-order chi connectivity index (χ1) is 9.08. The summed E-state index contributed by atoms with van der Waals surface area (Å²) in [7, 11) is 1.57. The molecule has 0 bridgehead atoms. The average Bonchev–Trinajstić information content (AvgIpc) is 2.38. The predicted octanol–water partition coefficient (Wildman–Crippen LogP) is 0.688. The number of amides is 2. The van der Waals surface area contributed by atoms with Crippen molar-refractivity contribution in [1.82, 2.24) is 15.6 Å². The second-order valence-corrected chi connectivity index (χ2v) is 4.08. The van der Waals surface area contributed by atoms with E-state index in [9.17, 15) is 9.59 Å². The number of nitrogens with zero attached hydrogens (tertiary/aromatic N) is 1. The number of hydrogen-bond acceptors (Lipinski definition) is 4. The lowest BCUT2D eigenvalue weighted by Gasteiger charge is -2.11. The van der Waals surface area contributed by atoms with Gasteiger partial charge in [-0.25, -0.2) is 0 Å². The van der Waals surface area contributed by atoms with E-state index < -0.39 is 0 Å². The van der Waals surface area contributed by atoms with Crippen LogP contribution in [0.4, 0.5) is 5.69 Å². The first kappa shape index (κ1) is 14.9. The molecule has 0 spiro atoms. The summed E-state index contributed by atoms with van der Waals surface area (Å²) in [6.45, 7) is 4.86. The quantitative estimate of drug-likeness (QED) is 0.706. The second-order valence-electron chi connectivity index (χ2n) is 4.08. The minimum Gasteiger partial charge on any atom is -0.385 e. The first-order valence-corrected chi connectivity index (χ1v) is 6.27. The fraction of sp³-hybridized carbons (Fsp3) is 0.462. The van der Waals surface area contributed by atoms with Crippen LogP contribution in [0.2, 0.25) is 0 Å². The zero-order chi connectivity index (χ0) is 14.3. The Morgan fingerprint density at radius 1 is 1.37 bits per heavy atom. The lowest BCUT2D eigenvalue weighted by atomic mass is 10.2. The molecule has 0 aromatic carbocycles. The Labute approximate surface area is 113 Å². The number of rotatable bonds is 6. The Morgan fingerprint density at radius 3 is 2.74 bits per heavy atom. The average molecular weight is 264 g/mol. The van der Waals surface area contributed by atoms with Gasteiger partial charge in [-0.05, 0) is 19.9 Å². The number of carbonyl (C=O) groups excluding carboxylic acids is 2. The molecule has 0 saturated carbocycles. The Kier molecular flexibility index (Phi) is 5.78. The van der Waals surface area contributed by atoms with Gasteiger partial charge < -0.3 is 16.0 Å². The second kappa shape index (κ2) is 7.35. The van der Waals surface area contributed by atoms with Gasteiger partial charge in [0, 0.05) is 38.4 Å². The van der Waals surface area contributed by atoms with Crippen LogP contribution in [0.25, 0.3) is 0 Å². The summed E-state index contributed by atoms with van der Waals surface area (Å²) in [5.41, 5.74) is 2.09. The number of hydrogen-bond donors (Lipinski definition) is 3. The van der Waals surface area contributed by atoms with Crippen molar-refractivity contribution in [2.75, 3.05) is 25.5 Å². The Hall–Kier alpha value is -2.11. The summed E-state index contributed by atoms with van der Waals surface area (Å²) in [5, 5.41) is 8.33. The molecule has 0 unspecified atom stereocenters. The maximum Gasteiger partial charge on any atom is 0.254 e. The van der Waals surface area contributed by atoms with Crippen LogP contribution in [-0.4, -0.2) is 36.9 Å². The van der Waals surface area contributed by atoms with Crippen LogP contribution in [0.15, 0.2) is 12.3 Å². The molecule has 0 saturated heterocycles. The molecular formula is C13H20N4O2. The molecule has 0 radical (unpaired) electrons. The molecule has 1 aromatic rings. The molecule has 2 amide bonds. The van der Waals surface area contributed by atoms with Gasteiger partial charge in [-0.2, -0.15) is 0 Å². The molecule has 0 aliphatic carbocycles. The van der Waals surface area contributed by atoms with Gasteiger partial charge in [-0.1, -0.05) is 0 Å². The highest BCUT2D eigenvalue weighted by atomic mass is 16.2. The van der Waals surface area contributed by atoms with E-state index in [1.165, 1.54) is 0 Å². The number of aromatic nitrogens is 1. The van der Waals surface area contributed by atoms with Gasteiger partial charge in [-0.3, -0.25) is 14.6 Å². The molecule has 1 rings (SSSR count). The highest BCUT2D eigenvalue weighted by Crippen LogP contribution is 2.15. The third kappa shape index (κ3) is 4.57. The van der Waals surface area contributed by atoms with Crippen molar-refractivity contribution < 1.29 is 9.59 Å². The number of pyridine rings is 1. The van der Waals surface area contributed by atoms with Crippen molar-refractivity contribution in [3.63, 3.8) is 0 Å². The predicted molar refractivity (Wildman–Crippen MR) is 74.2 cm³/mol. The lowest BCUT2D eigenvalue weighted by Crippen LogP contribution is -2.29. The molecule has 0 fully saturated rings. The van der Waals surface area contributed by atoms with E-state index in [1.807, 2.05) is 19.9 Å². The van der Waals surface area contributed by atoms with E-state index in [4.69, 9.17) is 0 Å². The summed E-state index contributed by atoms with van der Waals surface area (Å²) in [5.74, 6) is -0.332. The van der Waals surface area contributed by atoms with Gasteiger partial charge in [0.2, 0.25) is 5.91 Å². The largest absolute Gasteiger partial charge is 0.385 e. The molecule has 1 heterocycles. The van der Waals surface area contributed by atoms with E-state index in [2.05, 4.69) is 20.9 Å². The van der Waals surface area contributed by atoms with Crippen molar-refractivity contribution in [1.29, 1.82) is 0 Å². The van der Waals surface area contributed by atoms with Crippen LogP contribution in [-0.2, 0) is 4.79 Å². The van der Waals surface area contributed by atoms with E-state index in [1.54, 1.807) is 13.2 Å². The molecule has 19 heavy (non-hydrogen) atoms. The van der Waals surface area contributed by atoms with Gasteiger partial charge in [0.05, 0.1) is 11.3 Å². The molecule has 6 heteroatoms. The number of carbonyl (C=O) groups is 2. The van der Waals surface area contributed by atoms with Crippen LogP contribution in [0, 0.1) is 6.92 Å². The number of anilines is 1. The number of aryl methyl sites for hydroxylation is 1. The van der Waals surface area contributed by atoms with Crippen molar-refractivity contribution >= 4 is 17.5 Å². The van der Waals surface area contributed by atoms with E-state index in [0.29, 0.717) is 12.1 Å². The van der Waals surface area contributed by atoms with Crippen molar-refractivity contribution in [2.24, 2.45) is 0 Å². The SMILES string of the molecule is CCNc1cc(C)ncc1C(=O)NCCC(=O)NC. The first-order valence-electron chi connectivity index (χ1n) is 6.27. The summed E-state index contributed by atoms with van der Waals surface area (Å²) in [6, 6.07) is 1.83. The van der Waals surface area contributed by atoms with Crippen LogP contribution in [0.5, 0.6) is 0 Å². The highest BCUT2D eigenvalue weighted by Gasteiger charge is 2.12. The molecule has 6 nitrogen and oxygen atoms in total. The minimum atomic E-state index is -0.229. The Morgan fingerprint density at radius 2 is 2.11 bits per heavy atom. The van der Waals surface area contributed by atoms with Crippen LogP contribution >= 0.6 is 0 Å². The summed E-state index contributed by atoms with van der Waals surface area (Å²) in [6.07, 6.45) is 1.81. The third-order valence-electron chi connectivity index (χ3n) is 2.57. The topological polar surface area (TPSA) is 83.1 Å². The minimum absolute atomic E-state index is 0.103. The fourth-order valence-electron chi connectivity index (χ4n) is 1.59. The highest BCUT2D eigenvalue weighted by molar-refractivity contribution is 5.99. The molecule has 1 aromatic heterocycles. The molecule has 104 valence electrons. The zero-order valence-electron chi connectivity index (χ0n) is 11.5. The maximum absolute atomic E-state index is 12.0. The van der Waals surface area contributed by atoms with Crippen LogP contribution in [0.1, 0.15) is 29.4 Å². The van der Waals surface area contributed by atoms with Crippen LogP contribution in [0.3, 0.4) is 0 Å². The molecule has 0 aliphatic heterocycles. The van der Waals surface area contributed by atoms with E-state index in [-0.39, 0.29) is 18.2 Å². The zero-order valence-corrected chi connectivity index (χ0v) is 11.5. The monoisotopic (exact) mass is 264 g/mol. The van der Waals surface area contributed by atoms with Gasteiger partial charge >= 0.3 is 0 Å². The third-order valence-corrected chi connectivity index (χ3v) is 2.57. The molecule has 3 N–H and O–H groups in total. The normalized spacial score (nSPS) is 9.84. The van der Waals surface area contributed by atoms with E-state index in [0.717, 1.165) is 17.9 Å². The van der Waals surface area contributed by atoms with Crippen LogP contribution < -0.4 is 16.0 Å². The molecule has 0 atom stereocenters. The smallest absolute Gasteiger partial charge is 0.254 e. The molecular weight excluding hydrogens is 244 g/mol. The fourth-order valence-corrected chi connectivity index (χ4v) is 1.59. The van der Waals surface area contributed by atoms with Gasteiger partial charge in [-0.15, -0.1) is 0 Å². The summed E-state index contributed by atoms with van der Waals surface area (Å²) < 4.78 is 0. The van der Waals surface area contributed by atoms with Gasteiger partial charge in [0.25, 0.3) is 5.91 Å². The summed E-state index contributed by atoms with van der Waals surface area (Å²) >= 11 is 0. The Balaban J connectivity index is 2.68. The van der Waals surface area contributed by atoms with Gasteiger partial charge in [0.15, 0.2) is 0 Å². The summed E-state index contributed by atoms with van der Waals surface area (Å²) in [4.78, 5) is 27.2. The maximum atomic E-state index is 12.0. The van der Waals surface area contributed by atoms with Gasteiger partial charge in [0.1, 0.15) is 0 Å². The van der Waals surface area contributed by atoms with Crippen molar-refractivity contribution in [3.05, 3.63) is 23.5 Å². The molecule has 0 aliphatic rings. The Bertz CT molecular complexity index is 460. The standard InChI is InChI=1S/C13H20N4O2/c1-4-15-11-7-9(2)17-8-10(11)13(19)16-6-5-12(18)14-3/h7-8H,4-6H2,1-3H3,(H,14,18)(H,15,17)(H,16,19). The van der Waals surface area contributed by atoms with Crippen molar-refractivity contribution in [2.45, 2.75) is 20.3 Å².